The van der Waals surface area contributed by atoms with Gasteiger partial charge in [0.05, 0.1) is 0 Å². The molecule has 1 amide bonds. The molecule has 2 saturated carbocycles. The van der Waals surface area contributed by atoms with E-state index in [1.54, 1.807) is 0 Å². The zero-order chi connectivity index (χ0) is 13.1. The van der Waals surface area contributed by atoms with Crippen LogP contribution in [0, 0.1) is 16.7 Å². The van der Waals surface area contributed by atoms with Crippen molar-refractivity contribution in [3.63, 3.8) is 0 Å². The molecule has 0 spiro atoms. The molecule has 2 fully saturated rings. The van der Waals surface area contributed by atoms with Gasteiger partial charge in [-0.1, -0.05) is 13.8 Å². The summed E-state index contributed by atoms with van der Waals surface area (Å²) in [5.74, 6) is 0.487. The average molecular weight is 237 g/mol. The molecule has 3 heteroatoms. The number of hydrogen-bond acceptors (Lipinski definition) is 2. The molecule has 0 aromatic rings. The summed E-state index contributed by atoms with van der Waals surface area (Å²) in [6.07, 6.45) is 2.33. The molecule has 0 aliphatic heterocycles. The Kier molecular flexibility index (Phi) is 2.47. The summed E-state index contributed by atoms with van der Waals surface area (Å²) >= 11 is 0. The lowest BCUT2D eigenvalue weighted by Gasteiger charge is -2.37. The first-order valence-electron chi connectivity index (χ1n) is 6.47. The predicted octanol–water partition coefficient (Wildman–Crippen LogP) is 2.30. The van der Waals surface area contributed by atoms with E-state index in [0.29, 0.717) is 12.3 Å². The molecule has 0 aromatic carbocycles. The third-order valence-corrected chi connectivity index (χ3v) is 4.77. The highest BCUT2D eigenvalue weighted by Gasteiger charge is 2.68. The van der Waals surface area contributed by atoms with Gasteiger partial charge in [0.2, 0.25) is 5.91 Å². The van der Waals surface area contributed by atoms with Crippen LogP contribution >= 0.6 is 0 Å². The second-order valence-corrected chi connectivity index (χ2v) is 7.19. The molecular weight excluding hydrogens is 214 g/mol. The van der Waals surface area contributed by atoms with Crippen LogP contribution in [0.4, 0.5) is 0 Å². The van der Waals surface area contributed by atoms with E-state index in [9.17, 15) is 9.59 Å². The molecule has 0 heterocycles. The van der Waals surface area contributed by atoms with E-state index >= 15 is 0 Å². The lowest BCUT2D eigenvalue weighted by Crippen LogP contribution is -2.54. The van der Waals surface area contributed by atoms with Crippen molar-refractivity contribution in [3.8, 4) is 0 Å². The van der Waals surface area contributed by atoms with Crippen LogP contribution in [0.1, 0.15) is 53.9 Å². The number of carbonyl (C=O) groups excluding carboxylic acids is 2. The minimum Gasteiger partial charge on any atom is -0.351 e. The molecule has 2 unspecified atom stereocenters. The average Bonchev–Trinajstić information content (AvgIpc) is 2.47. The Balaban J connectivity index is 2.35. The molecule has 2 aliphatic rings. The summed E-state index contributed by atoms with van der Waals surface area (Å²) in [7, 11) is 0. The number of rotatable bonds is 1. The fourth-order valence-corrected chi connectivity index (χ4v) is 3.66. The Morgan fingerprint density at radius 3 is 2.29 bits per heavy atom. The summed E-state index contributed by atoms with van der Waals surface area (Å²) in [4.78, 5) is 24.8. The lowest BCUT2D eigenvalue weighted by atomic mass is 9.68. The molecule has 2 rings (SSSR count). The molecule has 3 nitrogen and oxygen atoms in total. The third-order valence-electron chi connectivity index (χ3n) is 4.77. The van der Waals surface area contributed by atoms with Crippen LogP contribution in [0.5, 0.6) is 0 Å². The monoisotopic (exact) mass is 237 g/mol. The van der Waals surface area contributed by atoms with E-state index in [4.69, 9.17) is 0 Å². The second-order valence-electron chi connectivity index (χ2n) is 7.19. The molecule has 0 radical (unpaired) electrons. The van der Waals surface area contributed by atoms with E-state index in [2.05, 4.69) is 19.2 Å². The van der Waals surface area contributed by atoms with Gasteiger partial charge in [0, 0.05) is 12.0 Å². The summed E-state index contributed by atoms with van der Waals surface area (Å²) in [5, 5.41) is 3.01. The smallest absolute Gasteiger partial charge is 0.234 e. The highest BCUT2D eigenvalue weighted by Crippen LogP contribution is 2.63. The van der Waals surface area contributed by atoms with Gasteiger partial charge in [0.15, 0.2) is 0 Å². The lowest BCUT2D eigenvalue weighted by molar-refractivity contribution is -0.145. The normalized spacial score (nSPS) is 35.1. The number of amides is 1. The number of ketones is 1. The van der Waals surface area contributed by atoms with Crippen molar-refractivity contribution >= 4 is 11.7 Å². The SMILES string of the molecule is CC(C)(C)NC(=O)C12CCC(CC1=O)C2(C)C. The summed E-state index contributed by atoms with van der Waals surface area (Å²) < 4.78 is 0. The zero-order valence-electron chi connectivity index (χ0n) is 11.5. The molecule has 2 atom stereocenters. The number of carbonyl (C=O) groups is 2. The van der Waals surface area contributed by atoms with Crippen LogP contribution in [-0.4, -0.2) is 17.2 Å². The number of fused-ring (bicyclic) bond motifs is 2. The van der Waals surface area contributed by atoms with Crippen molar-refractivity contribution in [2.24, 2.45) is 16.7 Å². The highest BCUT2D eigenvalue weighted by molar-refractivity contribution is 6.09. The number of hydrogen-bond donors (Lipinski definition) is 1. The van der Waals surface area contributed by atoms with E-state index < -0.39 is 5.41 Å². The first-order valence-corrected chi connectivity index (χ1v) is 6.47. The first-order chi connectivity index (χ1) is 7.61. The van der Waals surface area contributed by atoms with Gasteiger partial charge >= 0.3 is 0 Å². The molecule has 2 bridgehead atoms. The summed E-state index contributed by atoms with van der Waals surface area (Å²) in [6.45, 7) is 10.0. The quantitative estimate of drug-likeness (QED) is 0.711. The molecule has 96 valence electrons. The van der Waals surface area contributed by atoms with Crippen molar-refractivity contribution in [3.05, 3.63) is 0 Å². The van der Waals surface area contributed by atoms with Gasteiger partial charge in [-0.05, 0) is 44.9 Å². The van der Waals surface area contributed by atoms with Gasteiger partial charge in [0.1, 0.15) is 11.2 Å². The Morgan fingerprint density at radius 1 is 1.35 bits per heavy atom. The van der Waals surface area contributed by atoms with Gasteiger partial charge < -0.3 is 5.32 Å². The van der Waals surface area contributed by atoms with E-state index in [0.717, 1.165) is 12.8 Å². The largest absolute Gasteiger partial charge is 0.351 e. The Hall–Kier alpha value is -0.860. The topological polar surface area (TPSA) is 46.2 Å². The Bertz CT molecular complexity index is 378. The number of nitrogens with one attached hydrogen (secondary N) is 1. The fourth-order valence-electron chi connectivity index (χ4n) is 3.66. The van der Waals surface area contributed by atoms with E-state index in [1.807, 2.05) is 20.8 Å². The maximum absolute atomic E-state index is 12.5. The van der Waals surface area contributed by atoms with Crippen LogP contribution in [0.2, 0.25) is 0 Å². The van der Waals surface area contributed by atoms with Gasteiger partial charge in [-0.25, -0.2) is 0 Å². The molecule has 17 heavy (non-hydrogen) atoms. The van der Waals surface area contributed by atoms with Crippen LogP contribution in [0.15, 0.2) is 0 Å². The highest BCUT2D eigenvalue weighted by atomic mass is 16.2. The van der Waals surface area contributed by atoms with Crippen LogP contribution in [-0.2, 0) is 9.59 Å². The standard InChI is InChI=1S/C14H23NO2/c1-12(2,3)15-11(17)14-7-6-9(8-10(14)16)13(14,4)5/h9H,6-8H2,1-5H3,(H,15,17). The van der Waals surface area contributed by atoms with Crippen molar-refractivity contribution < 1.29 is 9.59 Å². The third kappa shape index (κ3) is 1.54. The number of Topliss-reactive ketones (excluding diaryl/α,β-unsaturated/α-hetero) is 1. The fraction of sp³-hybridized carbons (Fsp3) is 0.857. The predicted molar refractivity (Wildman–Crippen MR) is 66.5 cm³/mol. The molecule has 0 saturated heterocycles. The van der Waals surface area contributed by atoms with Gasteiger partial charge in [0.25, 0.3) is 0 Å². The molecule has 0 aromatic heterocycles. The van der Waals surface area contributed by atoms with Crippen LogP contribution in [0.25, 0.3) is 0 Å². The zero-order valence-corrected chi connectivity index (χ0v) is 11.5. The molecular formula is C14H23NO2. The minimum atomic E-state index is -0.759. The minimum absolute atomic E-state index is 0.0556. The Morgan fingerprint density at radius 2 is 1.94 bits per heavy atom. The van der Waals surface area contributed by atoms with Gasteiger partial charge in [-0.2, -0.15) is 0 Å². The maximum Gasteiger partial charge on any atom is 0.234 e. The van der Waals surface area contributed by atoms with Crippen LogP contribution < -0.4 is 5.32 Å². The van der Waals surface area contributed by atoms with Gasteiger partial charge in [-0.15, -0.1) is 0 Å². The maximum atomic E-state index is 12.5. The molecule has 2 aliphatic carbocycles. The second kappa shape index (κ2) is 3.33. The van der Waals surface area contributed by atoms with Crippen molar-refractivity contribution in [1.82, 2.24) is 5.32 Å². The Labute approximate surface area is 103 Å². The van der Waals surface area contributed by atoms with Crippen LogP contribution in [0.3, 0.4) is 0 Å². The van der Waals surface area contributed by atoms with E-state index in [-0.39, 0.29) is 22.6 Å². The van der Waals surface area contributed by atoms with Crippen molar-refractivity contribution in [2.75, 3.05) is 0 Å². The first kappa shape index (κ1) is 12.6. The van der Waals surface area contributed by atoms with Gasteiger partial charge in [-0.3, -0.25) is 9.59 Å². The van der Waals surface area contributed by atoms with Crippen molar-refractivity contribution in [2.45, 2.75) is 59.4 Å². The van der Waals surface area contributed by atoms with Crippen molar-refractivity contribution in [1.29, 1.82) is 0 Å². The summed E-state index contributed by atoms with van der Waals surface area (Å²) in [6, 6.07) is 0. The molecule has 1 N–H and O–H groups in total. The van der Waals surface area contributed by atoms with E-state index in [1.165, 1.54) is 0 Å². The summed E-state index contributed by atoms with van der Waals surface area (Å²) in [5.41, 5.74) is -1.22.